The zero-order valence-electron chi connectivity index (χ0n) is 5.66. The van der Waals surface area contributed by atoms with Crippen molar-refractivity contribution in [1.82, 2.24) is 0 Å². The Kier molecular flexibility index (Phi) is 2.56. The first-order valence-electron chi connectivity index (χ1n) is 3.15. The van der Waals surface area contributed by atoms with Gasteiger partial charge in [0.15, 0.2) is 0 Å². The van der Waals surface area contributed by atoms with Gasteiger partial charge in [-0.25, -0.2) is 0 Å². The standard InChI is InChI=1S/C9H9O/c1-2-8-10-9-6-4-3-5-7-9/h1-7H,8H2. The summed E-state index contributed by atoms with van der Waals surface area (Å²) in [5, 5.41) is 0. The average Bonchev–Trinajstić information content (AvgIpc) is 2.03. The number of hydrogen-bond acceptors (Lipinski definition) is 1. The summed E-state index contributed by atoms with van der Waals surface area (Å²) in [5.74, 6) is 0.851. The molecular weight excluding hydrogens is 124 g/mol. The number of benzene rings is 1. The van der Waals surface area contributed by atoms with Crippen molar-refractivity contribution in [3.63, 3.8) is 0 Å². The summed E-state index contributed by atoms with van der Waals surface area (Å²) in [7, 11) is 0. The van der Waals surface area contributed by atoms with Crippen LogP contribution >= 0.6 is 0 Å². The van der Waals surface area contributed by atoms with Gasteiger partial charge < -0.3 is 4.74 Å². The molecule has 0 amide bonds. The number of ether oxygens (including phenoxy) is 1. The van der Waals surface area contributed by atoms with Crippen molar-refractivity contribution in [2.45, 2.75) is 0 Å². The van der Waals surface area contributed by atoms with Crippen LogP contribution in [0.1, 0.15) is 0 Å². The van der Waals surface area contributed by atoms with Gasteiger partial charge >= 0.3 is 0 Å². The molecule has 0 saturated carbocycles. The predicted molar refractivity (Wildman–Crippen MR) is 40.8 cm³/mol. The highest BCUT2D eigenvalue weighted by atomic mass is 16.5. The molecule has 0 spiro atoms. The summed E-state index contributed by atoms with van der Waals surface area (Å²) in [6.07, 6.45) is 1.48. The summed E-state index contributed by atoms with van der Waals surface area (Å²) in [4.78, 5) is 0. The molecule has 51 valence electrons. The third-order valence-corrected chi connectivity index (χ3v) is 1.09. The van der Waals surface area contributed by atoms with Crippen LogP contribution in [-0.4, -0.2) is 6.61 Å². The van der Waals surface area contributed by atoms with E-state index >= 15 is 0 Å². The van der Waals surface area contributed by atoms with E-state index in [1.54, 1.807) is 0 Å². The lowest BCUT2D eigenvalue weighted by atomic mass is 10.3. The highest BCUT2D eigenvalue weighted by Crippen LogP contribution is 2.07. The molecule has 1 heteroatoms. The summed E-state index contributed by atoms with van der Waals surface area (Å²) in [5.41, 5.74) is 0. The van der Waals surface area contributed by atoms with Gasteiger partial charge in [-0.05, 0) is 18.2 Å². The summed E-state index contributed by atoms with van der Waals surface area (Å²) < 4.78 is 5.17. The highest BCUT2D eigenvalue weighted by molar-refractivity contribution is 5.20. The van der Waals surface area contributed by atoms with Crippen LogP contribution in [0.25, 0.3) is 0 Å². The Morgan fingerprint density at radius 1 is 1.30 bits per heavy atom. The van der Waals surface area contributed by atoms with Gasteiger partial charge in [-0.1, -0.05) is 24.8 Å². The maximum Gasteiger partial charge on any atom is 0.119 e. The maximum absolute atomic E-state index is 5.17. The van der Waals surface area contributed by atoms with Crippen LogP contribution in [0, 0.1) is 6.58 Å². The van der Waals surface area contributed by atoms with Gasteiger partial charge in [-0.2, -0.15) is 0 Å². The summed E-state index contributed by atoms with van der Waals surface area (Å²) >= 11 is 0. The number of para-hydroxylation sites is 1. The fourth-order valence-corrected chi connectivity index (χ4v) is 0.661. The Balaban J connectivity index is 2.50. The zero-order chi connectivity index (χ0) is 7.23. The van der Waals surface area contributed by atoms with Crippen molar-refractivity contribution in [2.24, 2.45) is 0 Å². The monoisotopic (exact) mass is 133 g/mol. The lowest BCUT2D eigenvalue weighted by Crippen LogP contribution is -1.91. The first-order chi connectivity index (χ1) is 4.93. The van der Waals surface area contributed by atoms with E-state index in [9.17, 15) is 0 Å². The summed E-state index contributed by atoms with van der Waals surface area (Å²) in [6.45, 7) is 5.59. The van der Waals surface area contributed by atoms with Crippen molar-refractivity contribution in [1.29, 1.82) is 0 Å². The molecule has 0 bridgehead atoms. The quantitative estimate of drug-likeness (QED) is 0.613. The normalized spacial score (nSPS) is 8.80. The molecule has 0 aromatic heterocycles. The van der Waals surface area contributed by atoms with Crippen LogP contribution in [0.3, 0.4) is 0 Å². The zero-order valence-corrected chi connectivity index (χ0v) is 5.66. The van der Waals surface area contributed by atoms with Gasteiger partial charge in [0, 0.05) is 0 Å². The minimum atomic E-state index is 0.462. The molecule has 0 heterocycles. The molecule has 1 aromatic carbocycles. The lowest BCUT2D eigenvalue weighted by Gasteiger charge is -1.99. The van der Waals surface area contributed by atoms with Gasteiger partial charge in [0.2, 0.25) is 0 Å². The van der Waals surface area contributed by atoms with Gasteiger partial charge in [0.25, 0.3) is 0 Å². The van der Waals surface area contributed by atoms with Gasteiger partial charge in [-0.3, -0.25) is 0 Å². The first kappa shape index (κ1) is 6.87. The average molecular weight is 133 g/mol. The van der Waals surface area contributed by atoms with Crippen LogP contribution in [0.15, 0.2) is 36.4 Å². The SMILES string of the molecule is [CH]=CCOc1ccccc1. The molecule has 1 aromatic rings. The molecule has 0 aliphatic carbocycles. The molecule has 0 N–H and O–H groups in total. The van der Waals surface area contributed by atoms with Crippen molar-refractivity contribution in [3.8, 4) is 5.75 Å². The third-order valence-electron chi connectivity index (χ3n) is 1.09. The minimum absolute atomic E-state index is 0.462. The van der Waals surface area contributed by atoms with Crippen molar-refractivity contribution >= 4 is 0 Å². The third kappa shape index (κ3) is 1.94. The lowest BCUT2D eigenvalue weighted by molar-refractivity contribution is 0.363. The van der Waals surface area contributed by atoms with Gasteiger partial charge in [-0.15, -0.1) is 0 Å². The van der Waals surface area contributed by atoms with E-state index in [4.69, 9.17) is 11.3 Å². The topological polar surface area (TPSA) is 9.23 Å². The van der Waals surface area contributed by atoms with E-state index in [0.29, 0.717) is 6.61 Å². The van der Waals surface area contributed by atoms with Crippen LogP contribution in [0.5, 0.6) is 5.75 Å². The van der Waals surface area contributed by atoms with E-state index in [0.717, 1.165) is 5.75 Å². The second-order valence-electron chi connectivity index (χ2n) is 1.86. The Morgan fingerprint density at radius 3 is 2.60 bits per heavy atom. The smallest absolute Gasteiger partial charge is 0.119 e. The molecule has 0 saturated heterocycles. The fraction of sp³-hybridized carbons (Fsp3) is 0.111. The van der Waals surface area contributed by atoms with Crippen LogP contribution in [-0.2, 0) is 0 Å². The van der Waals surface area contributed by atoms with Gasteiger partial charge in [0.1, 0.15) is 12.4 Å². The number of rotatable bonds is 3. The molecule has 0 aliphatic rings. The van der Waals surface area contributed by atoms with Crippen molar-refractivity contribution < 1.29 is 4.74 Å². The Bertz CT molecular complexity index is 191. The number of hydrogen-bond donors (Lipinski definition) is 0. The Labute approximate surface area is 61.0 Å². The fourth-order valence-electron chi connectivity index (χ4n) is 0.661. The van der Waals surface area contributed by atoms with E-state index in [2.05, 4.69) is 0 Å². The van der Waals surface area contributed by atoms with Crippen LogP contribution in [0.2, 0.25) is 0 Å². The first-order valence-corrected chi connectivity index (χ1v) is 3.15. The molecule has 0 aliphatic heterocycles. The molecular formula is C9H9O. The second kappa shape index (κ2) is 3.72. The van der Waals surface area contributed by atoms with Crippen LogP contribution < -0.4 is 4.74 Å². The van der Waals surface area contributed by atoms with E-state index in [1.165, 1.54) is 6.08 Å². The largest absolute Gasteiger partial charge is 0.490 e. The van der Waals surface area contributed by atoms with Crippen molar-refractivity contribution in [2.75, 3.05) is 6.61 Å². The molecule has 10 heavy (non-hydrogen) atoms. The molecule has 1 rings (SSSR count). The summed E-state index contributed by atoms with van der Waals surface area (Å²) in [6, 6.07) is 9.57. The van der Waals surface area contributed by atoms with E-state index in [-0.39, 0.29) is 0 Å². The minimum Gasteiger partial charge on any atom is -0.490 e. The van der Waals surface area contributed by atoms with Crippen molar-refractivity contribution in [3.05, 3.63) is 43.0 Å². The second-order valence-corrected chi connectivity index (χ2v) is 1.86. The maximum atomic E-state index is 5.17. The van der Waals surface area contributed by atoms with Gasteiger partial charge in [0.05, 0.1) is 0 Å². The predicted octanol–water partition coefficient (Wildman–Crippen LogP) is 2.05. The molecule has 0 fully saturated rings. The Hall–Kier alpha value is -1.24. The molecule has 1 radical (unpaired) electrons. The Morgan fingerprint density at radius 2 is 2.00 bits per heavy atom. The molecule has 0 atom stereocenters. The highest BCUT2D eigenvalue weighted by Gasteiger charge is 1.85. The van der Waals surface area contributed by atoms with E-state index in [1.807, 2.05) is 30.3 Å². The van der Waals surface area contributed by atoms with E-state index < -0.39 is 0 Å². The van der Waals surface area contributed by atoms with Crippen LogP contribution in [0.4, 0.5) is 0 Å². The molecule has 0 unspecified atom stereocenters. The molecule has 1 nitrogen and oxygen atoms in total.